The molecule has 77 heavy (non-hydrogen) atoms. The van der Waals surface area contributed by atoms with Gasteiger partial charge in [0.1, 0.15) is 49.8 Å². The van der Waals surface area contributed by atoms with Crippen molar-refractivity contribution in [2.24, 2.45) is 0 Å². The van der Waals surface area contributed by atoms with E-state index >= 15 is 0 Å². The maximum absolute atomic E-state index is 12.9. The first-order valence-electron chi connectivity index (χ1n) is 25.7. The quantitative estimate of drug-likeness (QED) is 0.0385. The average Bonchev–Trinajstić information content (AvgIpc) is 4.07. The summed E-state index contributed by atoms with van der Waals surface area (Å²) in [6.07, 6.45) is -4.01. The van der Waals surface area contributed by atoms with Crippen LogP contribution in [0.15, 0.2) is 195 Å². The Kier molecular flexibility index (Phi) is 20.1. The maximum atomic E-state index is 12.9. The normalized spacial score (nSPS) is 22.7. The molecule has 1 N–H and O–H groups in total. The van der Waals surface area contributed by atoms with Gasteiger partial charge < -0.3 is 52.5 Å². The fraction of sp³-hybridized carbons (Fsp3) is 0.323. The fourth-order valence-electron chi connectivity index (χ4n) is 9.10. The topological polar surface area (TPSA) is 181 Å². The number of esters is 4. The lowest BCUT2D eigenvalue weighted by Crippen LogP contribution is -2.40. The number of aliphatic hydroxyl groups is 1. The van der Waals surface area contributed by atoms with Crippen LogP contribution < -0.4 is 0 Å². The van der Waals surface area contributed by atoms with Crippen molar-refractivity contribution < 1.29 is 71.7 Å². The third-order valence-corrected chi connectivity index (χ3v) is 12.9. The number of ether oxygens (including phenoxy) is 10. The molecule has 3 unspecified atom stereocenters. The van der Waals surface area contributed by atoms with Crippen LogP contribution in [-0.2, 0) is 60.6 Å². The Bertz CT molecular complexity index is 2780. The van der Waals surface area contributed by atoms with E-state index in [0.717, 1.165) is 11.1 Å². The largest absolute Gasteiger partial charge is 0.458 e. The average molecular weight is 1050 g/mol. The first-order valence-corrected chi connectivity index (χ1v) is 25.7. The summed E-state index contributed by atoms with van der Waals surface area (Å²) in [6.45, 7) is 7.69. The van der Waals surface area contributed by atoms with Crippen LogP contribution in [0.2, 0.25) is 0 Å². The highest BCUT2D eigenvalue weighted by Gasteiger charge is 2.56. The Hall–Kier alpha value is -7.34. The Morgan fingerprint density at radius 1 is 0.519 bits per heavy atom. The predicted molar refractivity (Wildman–Crippen MR) is 282 cm³/mol. The molecular formula is C62H64O15. The summed E-state index contributed by atoms with van der Waals surface area (Å²) in [5, 5.41) is 11.0. The van der Waals surface area contributed by atoms with Gasteiger partial charge in [0.05, 0.1) is 53.8 Å². The van der Waals surface area contributed by atoms with Crippen molar-refractivity contribution in [2.75, 3.05) is 13.2 Å². The SMILES string of the molecule is C=CC[C@@H]1O[C@H](C[C@@H](COC(=O)c2ccccc2)OC(=O)c2ccccc2)[C@H](OCc2ccccc2)C1O.CC1(C)OC2[C@H](O[C@H](CC(COC(=O)c3ccccc3)OC(=O)c3ccccc3)[C@@H]2OCc2ccccc2)O1. The zero-order valence-electron chi connectivity index (χ0n) is 43.0. The molecule has 402 valence electrons. The monoisotopic (exact) mass is 1050 g/mol. The van der Waals surface area contributed by atoms with Crippen molar-refractivity contribution in [3.63, 3.8) is 0 Å². The first kappa shape index (κ1) is 55.9. The zero-order valence-corrected chi connectivity index (χ0v) is 43.0. The van der Waals surface area contributed by atoms with Gasteiger partial charge in [0, 0.05) is 12.8 Å². The van der Waals surface area contributed by atoms with Gasteiger partial charge in [-0.1, -0.05) is 140 Å². The lowest BCUT2D eigenvalue weighted by atomic mass is 10.0. The third kappa shape index (κ3) is 16.1. The summed E-state index contributed by atoms with van der Waals surface area (Å²) >= 11 is 0. The van der Waals surface area contributed by atoms with Gasteiger partial charge in [-0.15, -0.1) is 6.58 Å². The van der Waals surface area contributed by atoms with E-state index in [2.05, 4.69) is 6.58 Å². The summed E-state index contributed by atoms with van der Waals surface area (Å²) < 4.78 is 59.6. The summed E-state index contributed by atoms with van der Waals surface area (Å²) in [4.78, 5) is 51.0. The molecule has 0 spiro atoms. The van der Waals surface area contributed by atoms with Crippen LogP contribution in [-0.4, -0.2) is 109 Å². The van der Waals surface area contributed by atoms with Crippen molar-refractivity contribution in [1.29, 1.82) is 0 Å². The summed E-state index contributed by atoms with van der Waals surface area (Å²) in [7, 11) is 0. The highest BCUT2D eigenvalue weighted by atomic mass is 16.8. The van der Waals surface area contributed by atoms with E-state index in [9.17, 15) is 24.3 Å². The number of benzene rings is 6. The van der Waals surface area contributed by atoms with Gasteiger partial charge in [0.2, 0.25) is 0 Å². The molecular weight excluding hydrogens is 985 g/mol. The van der Waals surface area contributed by atoms with Crippen LogP contribution in [0, 0.1) is 0 Å². The molecule has 15 nitrogen and oxygen atoms in total. The van der Waals surface area contributed by atoms with Crippen LogP contribution in [0.4, 0.5) is 0 Å². The minimum atomic E-state index is -0.904. The lowest BCUT2D eigenvalue weighted by molar-refractivity contribution is -0.222. The van der Waals surface area contributed by atoms with Crippen molar-refractivity contribution in [2.45, 2.75) is 113 Å². The molecule has 0 amide bonds. The minimum Gasteiger partial charge on any atom is -0.458 e. The molecule has 3 heterocycles. The van der Waals surface area contributed by atoms with Gasteiger partial charge in [-0.05, 0) is 79.9 Å². The second-order valence-electron chi connectivity index (χ2n) is 19.1. The van der Waals surface area contributed by atoms with Gasteiger partial charge in [0.15, 0.2) is 12.1 Å². The second kappa shape index (κ2) is 27.6. The van der Waals surface area contributed by atoms with Gasteiger partial charge in [-0.3, -0.25) is 0 Å². The number of carbonyl (C=O) groups is 4. The number of rotatable bonds is 22. The van der Waals surface area contributed by atoms with Crippen LogP contribution in [0.25, 0.3) is 0 Å². The molecule has 10 atom stereocenters. The van der Waals surface area contributed by atoms with Gasteiger partial charge in [0.25, 0.3) is 0 Å². The predicted octanol–water partition coefficient (Wildman–Crippen LogP) is 9.67. The molecule has 3 aliphatic heterocycles. The van der Waals surface area contributed by atoms with Crippen LogP contribution in [0.5, 0.6) is 0 Å². The minimum absolute atomic E-state index is 0.153. The number of aliphatic hydroxyl groups excluding tert-OH is 1. The lowest BCUT2D eigenvalue weighted by Gasteiger charge is -2.28. The molecule has 0 bridgehead atoms. The van der Waals surface area contributed by atoms with E-state index in [0.29, 0.717) is 35.3 Å². The molecule has 6 aromatic carbocycles. The van der Waals surface area contributed by atoms with Crippen LogP contribution >= 0.6 is 0 Å². The Balaban J connectivity index is 0.000000204. The molecule has 6 aromatic rings. The maximum Gasteiger partial charge on any atom is 0.338 e. The number of carbonyl (C=O) groups excluding carboxylic acids is 4. The molecule has 0 saturated carbocycles. The molecule has 9 rings (SSSR count). The molecule has 3 saturated heterocycles. The van der Waals surface area contributed by atoms with Crippen molar-refractivity contribution in [3.8, 4) is 0 Å². The Morgan fingerprint density at radius 2 is 0.896 bits per heavy atom. The zero-order chi connectivity index (χ0) is 54.0. The van der Waals surface area contributed by atoms with E-state index in [4.69, 9.17) is 47.4 Å². The smallest absolute Gasteiger partial charge is 0.338 e. The number of fused-ring (bicyclic) bond motifs is 1. The highest BCUT2D eigenvalue weighted by molar-refractivity contribution is 5.91. The molecule has 0 aliphatic carbocycles. The highest BCUT2D eigenvalue weighted by Crippen LogP contribution is 2.41. The van der Waals surface area contributed by atoms with Crippen LogP contribution in [0.3, 0.4) is 0 Å². The standard InChI is InChI=1S/C31H32O8.C31H32O7/c1-31(2)38-27-26(34-19-21-12-6-3-7-13-21)25(37-30(27)39-31)18-24(36-29(33)23-16-10-5-11-17-23)20-35-28(32)22-14-8-4-9-15-22;1-2-12-26-28(32)29(35-20-22-13-6-3-7-14-22)27(38-26)19-25(37-31(34)24-17-10-5-11-18-24)21-36-30(33)23-15-8-4-9-16-23/h3-17,24-27,30H,18-20H2,1-2H3;2-11,13-18,25-29,32H,1,12,19-21H2/t24?,25-,26+,27?,30-;25-,26-,27+,28?,29-/m10/s1. The summed E-state index contributed by atoms with van der Waals surface area (Å²) in [5.74, 6) is -2.93. The van der Waals surface area contributed by atoms with Crippen molar-refractivity contribution in [1.82, 2.24) is 0 Å². The van der Waals surface area contributed by atoms with Crippen molar-refractivity contribution in [3.05, 3.63) is 228 Å². The number of hydrogen-bond acceptors (Lipinski definition) is 15. The van der Waals surface area contributed by atoms with E-state index in [1.807, 2.05) is 86.6 Å². The molecule has 3 fully saturated rings. The molecule has 3 aliphatic rings. The second-order valence-corrected chi connectivity index (χ2v) is 19.1. The van der Waals surface area contributed by atoms with E-state index in [1.54, 1.807) is 115 Å². The van der Waals surface area contributed by atoms with Crippen LogP contribution in [0.1, 0.15) is 85.7 Å². The Labute approximate surface area is 448 Å². The van der Waals surface area contributed by atoms with Gasteiger partial charge in [-0.25, -0.2) is 19.2 Å². The molecule has 15 heteroatoms. The Morgan fingerprint density at radius 3 is 1.31 bits per heavy atom. The summed E-state index contributed by atoms with van der Waals surface area (Å²) in [6, 6.07) is 53.9. The fourth-order valence-corrected chi connectivity index (χ4v) is 9.10. The third-order valence-electron chi connectivity index (χ3n) is 12.9. The summed E-state index contributed by atoms with van der Waals surface area (Å²) in [5.41, 5.74) is 3.52. The van der Waals surface area contributed by atoms with Gasteiger partial charge in [-0.2, -0.15) is 0 Å². The molecule has 0 aromatic heterocycles. The van der Waals surface area contributed by atoms with E-state index < -0.39 is 90.9 Å². The first-order chi connectivity index (χ1) is 37.4. The van der Waals surface area contributed by atoms with Gasteiger partial charge >= 0.3 is 23.9 Å². The number of hydrogen-bond donors (Lipinski definition) is 1. The van der Waals surface area contributed by atoms with E-state index in [-0.39, 0.29) is 32.7 Å². The van der Waals surface area contributed by atoms with Crippen molar-refractivity contribution >= 4 is 23.9 Å². The van der Waals surface area contributed by atoms with E-state index in [1.165, 1.54) is 0 Å². The molecule has 0 radical (unpaired) electrons.